The van der Waals surface area contributed by atoms with Gasteiger partial charge in [-0.1, -0.05) is 22.0 Å². The van der Waals surface area contributed by atoms with E-state index >= 15 is 0 Å². The molecule has 1 atom stereocenters. The number of hydrogen-bond acceptors (Lipinski definition) is 1. The SMILES string of the molecule is Fc1cc(Br)ccc1[C@H]1CCN1. The third-order valence-corrected chi connectivity index (χ3v) is 2.65. The number of halogens is 2. The van der Waals surface area contributed by atoms with Gasteiger partial charge in [0.2, 0.25) is 0 Å². The highest BCUT2D eigenvalue weighted by Gasteiger charge is 2.21. The van der Waals surface area contributed by atoms with Gasteiger partial charge >= 0.3 is 0 Å². The summed E-state index contributed by atoms with van der Waals surface area (Å²) in [4.78, 5) is 0. The van der Waals surface area contributed by atoms with Crippen molar-refractivity contribution in [3.63, 3.8) is 0 Å². The number of rotatable bonds is 1. The Morgan fingerprint density at radius 3 is 2.75 bits per heavy atom. The zero-order valence-electron chi connectivity index (χ0n) is 6.48. The lowest BCUT2D eigenvalue weighted by Crippen LogP contribution is -2.35. The predicted molar refractivity (Wildman–Crippen MR) is 49.5 cm³/mol. The molecule has 1 nitrogen and oxygen atoms in total. The first-order valence-corrected chi connectivity index (χ1v) is 4.75. The first-order valence-electron chi connectivity index (χ1n) is 3.96. The lowest BCUT2D eigenvalue weighted by atomic mass is 9.98. The van der Waals surface area contributed by atoms with Crippen molar-refractivity contribution in [1.29, 1.82) is 0 Å². The summed E-state index contributed by atoms with van der Waals surface area (Å²) in [7, 11) is 0. The van der Waals surface area contributed by atoms with Gasteiger partial charge in [-0.3, -0.25) is 0 Å². The van der Waals surface area contributed by atoms with Crippen molar-refractivity contribution in [3.8, 4) is 0 Å². The second kappa shape index (κ2) is 3.15. The van der Waals surface area contributed by atoms with Crippen molar-refractivity contribution in [2.24, 2.45) is 0 Å². The van der Waals surface area contributed by atoms with Gasteiger partial charge in [-0.15, -0.1) is 0 Å². The molecule has 2 rings (SSSR count). The molecule has 0 aromatic heterocycles. The second-order valence-electron chi connectivity index (χ2n) is 2.96. The summed E-state index contributed by atoms with van der Waals surface area (Å²) >= 11 is 3.22. The molecular weight excluding hydrogens is 221 g/mol. The molecule has 0 unspecified atom stereocenters. The summed E-state index contributed by atoms with van der Waals surface area (Å²) in [6.45, 7) is 1.00. The van der Waals surface area contributed by atoms with Crippen molar-refractivity contribution in [1.82, 2.24) is 5.32 Å². The molecule has 12 heavy (non-hydrogen) atoms. The Hall–Kier alpha value is -0.410. The molecular formula is C9H9BrFN. The fourth-order valence-electron chi connectivity index (χ4n) is 1.34. The quantitative estimate of drug-likeness (QED) is 0.781. The molecule has 1 aliphatic heterocycles. The minimum atomic E-state index is -0.124. The maximum atomic E-state index is 13.3. The Morgan fingerprint density at radius 2 is 2.25 bits per heavy atom. The van der Waals surface area contributed by atoms with Crippen LogP contribution in [0.2, 0.25) is 0 Å². The standard InChI is InChI=1S/C9H9BrFN/c10-6-1-2-7(8(11)5-6)9-3-4-12-9/h1-2,5,9,12H,3-4H2/t9-/m1/s1. The van der Waals surface area contributed by atoms with Gasteiger partial charge in [-0.05, 0) is 25.1 Å². The highest BCUT2D eigenvalue weighted by atomic mass is 79.9. The van der Waals surface area contributed by atoms with Crippen molar-refractivity contribution in [3.05, 3.63) is 34.1 Å². The molecule has 0 aliphatic carbocycles. The molecule has 1 N–H and O–H groups in total. The van der Waals surface area contributed by atoms with Crippen molar-refractivity contribution in [2.75, 3.05) is 6.54 Å². The Morgan fingerprint density at radius 1 is 1.50 bits per heavy atom. The minimum Gasteiger partial charge on any atom is -0.310 e. The van der Waals surface area contributed by atoms with Crippen LogP contribution in [0.4, 0.5) is 4.39 Å². The Balaban J connectivity index is 2.31. The average Bonchev–Trinajstić information content (AvgIpc) is 1.91. The summed E-state index contributed by atoms with van der Waals surface area (Å²) in [5, 5.41) is 3.17. The first kappa shape index (κ1) is 8.20. The van der Waals surface area contributed by atoms with Crippen molar-refractivity contribution < 1.29 is 4.39 Å². The largest absolute Gasteiger partial charge is 0.310 e. The van der Waals surface area contributed by atoms with Gasteiger partial charge in [0.1, 0.15) is 5.82 Å². The molecule has 3 heteroatoms. The third-order valence-electron chi connectivity index (χ3n) is 2.16. The monoisotopic (exact) mass is 229 g/mol. The van der Waals surface area contributed by atoms with Gasteiger partial charge < -0.3 is 5.32 Å². The van der Waals surface area contributed by atoms with E-state index in [2.05, 4.69) is 21.2 Å². The predicted octanol–water partition coefficient (Wildman–Crippen LogP) is 2.62. The van der Waals surface area contributed by atoms with Gasteiger partial charge in [0, 0.05) is 16.1 Å². The van der Waals surface area contributed by atoms with E-state index < -0.39 is 0 Å². The Kier molecular flexibility index (Phi) is 2.15. The fraction of sp³-hybridized carbons (Fsp3) is 0.333. The lowest BCUT2D eigenvalue weighted by molar-refractivity contribution is 0.370. The van der Waals surface area contributed by atoms with Crippen LogP contribution in [0.5, 0.6) is 0 Å². The molecule has 1 aliphatic rings. The van der Waals surface area contributed by atoms with Gasteiger partial charge in [0.25, 0.3) is 0 Å². The van der Waals surface area contributed by atoms with Crippen LogP contribution in [0.1, 0.15) is 18.0 Å². The number of hydrogen-bond donors (Lipinski definition) is 1. The van der Waals surface area contributed by atoms with E-state index in [9.17, 15) is 4.39 Å². The second-order valence-corrected chi connectivity index (χ2v) is 3.88. The molecule has 64 valence electrons. The van der Waals surface area contributed by atoms with E-state index in [1.807, 2.05) is 12.1 Å². The van der Waals surface area contributed by atoms with Crippen molar-refractivity contribution in [2.45, 2.75) is 12.5 Å². The smallest absolute Gasteiger partial charge is 0.129 e. The molecule has 0 radical (unpaired) electrons. The van der Waals surface area contributed by atoms with E-state index in [0.29, 0.717) is 0 Å². The fourth-order valence-corrected chi connectivity index (χ4v) is 1.67. The highest BCUT2D eigenvalue weighted by Crippen LogP contribution is 2.26. The van der Waals surface area contributed by atoms with Crippen LogP contribution in [0.3, 0.4) is 0 Å². The molecule has 0 bridgehead atoms. The van der Waals surface area contributed by atoms with Crippen LogP contribution in [0.15, 0.2) is 22.7 Å². The van der Waals surface area contributed by atoms with Crippen LogP contribution in [0, 0.1) is 5.82 Å². The van der Waals surface area contributed by atoms with Gasteiger partial charge in [0.05, 0.1) is 0 Å². The van der Waals surface area contributed by atoms with Crippen LogP contribution in [0.25, 0.3) is 0 Å². The zero-order valence-corrected chi connectivity index (χ0v) is 8.07. The first-order chi connectivity index (χ1) is 5.77. The molecule has 1 heterocycles. The lowest BCUT2D eigenvalue weighted by Gasteiger charge is -2.28. The molecule has 1 fully saturated rings. The normalized spacial score (nSPS) is 22.0. The molecule has 0 saturated carbocycles. The summed E-state index contributed by atoms with van der Waals surface area (Å²) in [5.41, 5.74) is 0.782. The average molecular weight is 230 g/mol. The summed E-state index contributed by atoms with van der Waals surface area (Å²) in [6, 6.07) is 5.45. The van der Waals surface area contributed by atoms with E-state index in [0.717, 1.165) is 23.0 Å². The van der Waals surface area contributed by atoms with E-state index in [1.165, 1.54) is 6.07 Å². The van der Waals surface area contributed by atoms with Crippen LogP contribution < -0.4 is 5.32 Å². The maximum absolute atomic E-state index is 13.3. The molecule has 1 aromatic rings. The summed E-state index contributed by atoms with van der Waals surface area (Å²) in [6.07, 6.45) is 1.04. The van der Waals surface area contributed by atoms with Gasteiger partial charge in [0.15, 0.2) is 0 Å². The van der Waals surface area contributed by atoms with Crippen LogP contribution in [-0.4, -0.2) is 6.54 Å². The van der Waals surface area contributed by atoms with Crippen LogP contribution in [-0.2, 0) is 0 Å². The van der Waals surface area contributed by atoms with Gasteiger partial charge in [-0.2, -0.15) is 0 Å². The van der Waals surface area contributed by atoms with E-state index in [4.69, 9.17) is 0 Å². The van der Waals surface area contributed by atoms with E-state index in [-0.39, 0.29) is 11.9 Å². The highest BCUT2D eigenvalue weighted by molar-refractivity contribution is 9.10. The minimum absolute atomic E-state index is 0.124. The van der Waals surface area contributed by atoms with Crippen LogP contribution >= 0.6 is 15.9 Å². The molecule has 0 spiro atoms. The summed E-state index contributed by atoms with van der Waals surface area (Å²) < 4.78 is 14.0. The summed E-state index contributed by atoms with van der Waals surface area (Å²) in [5.74, 6) is -0.124. The topological polar surface area (TPSA) is 12.0 Å². The molecule has 0 amide bonds. The molecule has 1 aromatic carbocycles. The van der Waals surface area contributed by atoms with Gasteiger partial charge in [-0.25, -0.2) is 4.39 Å². The number of nitrogens with one attached hydrogen (secondary N) is 1. The van der Waals surface area contributed by atoms with E-state index in [1.54, 1.807) is 0 Å². The Labute approximate surface area is 79.1 Å². The zero-order chi connectivity index (χ0) is 8.55. The third kappa shape index (κ3) is 1.39. The number of benzene rings is 1. The van der Waals surface area contributed by atoms with Crippen molar-refractivity contribution >= 4 is 15.9 Å². The maximum Gasteiger partial charge on any atom is 0.129 e. The Bertz CT molecular complexity index is 297. The molecule has 1 saturated heterocycles.